The van der Waals surface area contributed by atoms with E-state index in [0.29, 0.717) is 39.8 Å². The van der Waals surface area contributed by atoms with E-state index >= 15 is 0 Å². The Balaban J connectivity index is 0.780. The lowest BCUT2D eigenvalue weighted by atomic mass is 9.85. The molecule has 3 aromatic carbocycles. The lowest BCUT2D eigenvalue weighted by Gasteiger charge is -2.35. The van der Waals surface area contributed by atoms with Gasteiger partial charge in [-0.1, -0.05) is 63.2 Å². The molecule has 9 rings (SSSR count). The first-order valence-electron chi connectivity index (χ1n) is 26.4. The van der Waals surface area contributed by atoms with Gasteiger partial charge >= 0.3 is 5.76 Å². The van der Waals surface area contributed by atoms with Gasteiger partial charge in [-0.05, 0) is 73.1 Å². The molecule has 2 aliphatic rings. The number of hydrogen-bond acceptors (Lipinski definition) is 15. The fourth-order valence-corrected chi connectivity index (χ4v) is 11.6. The number of pyridine rings is 1. The van der Waals surface area contributed by atoms with Crippen molar-refractivity contribution < 1.29 is 50.6 Å². The van der Waals surface area contributed by atoms with Gasteiger partial charge in [-0.25, -0.2) is 22.8 Å². The fourth-order valence-electron chi connectivity index (χ4n) is 10.2. The highest BCUT2D eigenvalue weighted by Gasteiger charge is 2.44. The molecule has 0 bridgehead atoms. The number of ether oxygens (including phenoxy) is 2. The normalized spacial score (nSPS) is 17.1. The first-order valence-corrected chi connectivity index (χ1v) is 28.8. The number of fused-ring (bicyclic) bond motifs is 1. The molecule has 0 spiro atoms. The number of hydrogen-bond donors (Lipinski definition) is 5. The van der Waals surface area contributed by atoms with Crippen LogP contribution in [-0.4, -0.2) is 134 Å². The number of halogens is 3. The molecule has 0 unspecified atom stereocenters. The summed E-state index contributed by atoms with van der Waals surface area (Å²) in [4.78, 5) is 54.5. The van der Waals surface area contributed by atoms with Crippen LogP contribution in [0.25, 0.3) is 43.7 Å². The first-order chi connectivity index (χ1) is 38.5. The SMILES string of the molecule is Cc1ncsc1-c1ccc(CNC(=O)[C@@H]2C[C@@H](O)CN2C(=O)[C@@H](NC(=O)COCCN2CCC(n3cc(-c4cnc(N)c5c(-c6ccc(NS(=O)(=O)C(F)F)c(O[C@@H](C)c7ccc(F)cc7)c6)nn(C)c45)cn3)CC2)C(C)(C)C)cc1. The molecule has 0 aliphatic carbocycles. The Morgan fingerprint density at radius 3 is 2.37 bits per heavy atom. The molecule has 2 fully saturated rings. The monoisotopic (exact) mass is 1150 g/mol. The van der Waals surface area contributed by atoms with Crippen LogP contribution in [0.2, 0.25) is 0 Å². The van der Waals surface area contributed by atoms with Gasteiger partial charge in [0, 0.05) is 75.3 Å². The molecule has 4 atom stereocenters. The van der Waals surface area contributed by atoms with Gasteiger partial charge in [-0.15, -0.1) is 11.3 Å². The lowest BCUT2D eigenvalue weighted by Crippen LogP contribution is -2.58. The molecule has 2 saturated heterocycles. The van der Waals surface area contributed by atoms with Crippen LogP contribution in [0.1, 0.15) is 75.9 Å². The third-order valence-electron chi connectivity index (χ3n) is 14.6. The molecular weight excluding hydrogens is 1090 g/mol. The van der Waals surface area contributed by atoms with Crippen molar-refractivity contribution in [2.45, 2.75) is 96.5 Å². The molecule has 0 saturated carbocycles. The fraction of sp³-hybridized carbons (Fsp3) is 0.411. The van der Waals surface area contributed by atoms with Crippen LogP contribution in [0.5, 0.6) is 5.75 Å². The van der Waals surface area contributed by atoms with Gasteiger partial charge in [0.15, 0.2) is 0 Å². The minimum Gasteiger partial charge on any atom is -0.484 e. The van der Waals surface area contributed by atoms with E-state index < -0.39 is 63.1 Å². The van der Waals surface area contributed by atoms with Crippen molar-refractivity contribution in [1.29, 1.82) is 0 Å². The third-order valence-corrected chi connectivity index (χ3v) is 16.6. The smallest absolute Gasteiger partial charge is 0.355 e. The number of aryl methyl sites for hydroxylation is 2. The number of carbonyl (C=O) groups is 3. The van der Waals surface area contributed by atoms with Crippen molar-refractivity contribution >= 4 is 61.5 Å². The summed E-state index contributed by atoms with van der Waals surface area (Å²) >= 11 is 1.56. The summed E-state index contributed by atoms with van der Waals surface area (Å²) in [6.45, 7) is 11.3. The number of nitrogens with one attached hydrogen (secondary N) is 3. The largest absolute Gasteiger partial charge is 0.484 e. The Morgan fingerprint density at radius 1 is 0.975 bits per heavy atom. The summed E-state index contributed by atoms with van der Waals surface area (Å²) in [5, 5.41) is 26.4. The predicted octanol–water partition coefficient (Wildman–Crippen LogP) is 7.22. The van der Waals surface area contributed by atoms with Gasteiger partial charge in [0.1, 0.15) is 47.9 Å². The zero-order chi connectivity index (χ0) is 57.9. The zero-order valence-corrected chi connectivity index (χ0v) is 47.2. The zero-order valence-electron chi connectivity index (χ0n) is 45.6. The van der Waals surface area contributed by atoms with Gasteiger partial charge < -0.3 is 40.7 Å². The van der Waals surface area contributed by atoms with Crippen LogP contribution in [0.15, 0.2) is 90.8 Å². The number of aliphatic hydroxyl groups excluding tert-OH is 1. The maximum atomic E-state index is 14.1. The van der Waals surface area contributed by atoms with E-state index in [4.69, 9.17) is 25.4 Å². The van der Waals surface area contributed by atoms with E-state index in [2.05, 4.69) is 25.5 Å². The van der Waals surface area contributed by atoms with Crippen LogP contribution in [0.3, 0.4) is 0 Å². The Kier molecular flexibility index (Phi) is 17.5. The number of piperidine rings is 1. The summed E-state index contributed by atoms with van der Waals surface area (Å²) in [5.41, 5.74) is 13.6. The van der Waals surface area contributed by atoms with Crippen LogP contribution < -0.4 is 25.8 Å². The molecule has 4 aromatic heterocycles. The van der Waals surface area contributed by atoms with E-state index in [-0.39, 0.29) is 61.9 Å². The average Bonchev–Trinajstić information content (AvgIpc) is 4.46. The third kappa shape index (κ3) is 13.3. The average molecular weight is 1160 g/mol. The van der Waals surface area contributed by atoms with E-state index in [1.807, 2.05) is 67.6 Å². The number of β-amino-alcohol motifs (C(OH)–C–C–N with tert-alkyl or cyclic N) is 1. The highest BCUT2D eigenvalue weighted by atomic mass is 32.2. The predicted molar refractivity (Wildman–Crippen MR) is 301 cm³/mol. The molecular formula is C56H65F3N12O8S2. The number of nitrogens with zero attached hydrogens (tertiary/aromatic N) is 8. The number of carbonyl (C=O) groups excluding carboxylic acids is 3. The number of alkyl halides is 2. The number of nitrogen functional groups attached to an aromatic ring is 1. The van der Waals surface area contributed by atoms with E-state index in [9.17, 15) is 41.1 Å². The molecule has 0 radical (unpaired) electrons. The highest BCUT2D eigenvalue weighted by molar-refractivity contribution is 7.93. The molecule has 25 heteroatoms. The Morgan fingerprint density at radius 2 is 1.69 bits per heavy atom. The van der Waals surface area contributed by atoms with E-state index in [0.717, 1.165) is 53.2 Å². The maximum Gasteiger partial charge on any atom is 0.355 e. The molecule has 6 heterocycles. The lowest BCUT2D eigenvalue weighted by molar-refractivity contribution is -0.144. The van der Waals surface area contributed by atoms with Crippen molar-refractivity contribution in [3.05, 3.63) is 113 Å². The van der Waals surface area contributed by atoms with Crippen LogP contribution >= 0.6 is 11.3 Å². The summed E-state index contributed by atoms with van der Waals surface area (Å²) < 4.78 is 82.8. The second kappa shape index (κ2) is 24.3. The topological polar surface area (TPSA) is 254 Å². The summed E-state index contributed by atoms with van der Waals surface area (Å²) in [6.07, 6.45) is 5.29. The number of aromatic nitrogens is 6. The summed E-state index contributed by atoms with van der Waals surface area (Å²) in [7, 11) is -3.35. The van der Waals surface area contributed by atoms with Crippen LogP contribution in [0.4, 0.5) is 24.7 Å². The molecule has 6 N–H and O–H groups in total. The Bertz CT molecular complexity index is 3510. The first kappa shape index (κ1) is 58.2. The number of amides is 3. The Labute approximate surface area is 470 Å². The molecule has 430 valence electrons. The molecule has 2 aliphatic heterocycles. The van der Waals surface area contributed by atoms with Crippen LogP contribution in [0, 0.1) is 18.2 Å². The van der Waals surface area contributed by atoms with Crippen molar-refractivity contribution in [2.75, 3.05) is 49.8 Å². The number of aliphatic hydroxyl groups is 1. The number of thiazole rings is 1. The van der Waals surface area contributed by atoms with Gasteiger partial charge in [0.2, 0.25) is 17.7 Å². The second-order valence-corrected chi connectivity index (χ2v) is 24.0. The number of likely N-dealkylation sites (tertiary alicyclic amines) is 2. The Hall–Kier alpha value is -7.45. The van der Waals surface area contributed by atoms with Gasteiger partial charge in [-0.2, -0.15) is 19.0 Å². The van der Waals surface area contributed by atoms with Crippen molar-refractivity contribution in [2.24, 2.45) is 12.5 Å². The molecule has 20 nitrogen and oxygen atoms in total. The van der Waals surface area contributed by atoms with Gasteiger partial charge in [0.05, 0.1) is 57.6 Å². The molecule has 81 heavy (non-hydrogen) atoms. The number of benzene rings is 3. The van der Waals surface area contributed by atoms with Crippen LogP contribution in [-0.2, 0) is 42.7 Å². The number of anilines is 2. The quantitative estimate of drug-likeness (QED) is 0.0473. The molecule has 3 amide bonds. The second-order valence-electron chi connectivity index (χ2n) is 21.5. The number of sulfonamides is 1. The van der Waals surface area contributed by atoms with Crippen molar-refractivity contribution in [1.82, 2.24) is 50.0 Å². The number of nitrogens with two attached hydrogens (primary N) is 1. The van der Waals surface area contributed by atoms with E-state index in [1.54, 1.807) is 47.9 Å². The van der Waals surface area contributed by atoms with E-state index in [1.165, 1.54) is 47.4 Å². The van der Waals surface area contributed by atoms with Crippen molar-refractivity contribution in [3.8, 4) is 38.6 Å². The summed E-state index contributed by atoms with van der Waals surface area (Å²) in [5.74, 6) is -5.44. The maximum absolute atomic E-state index is 14.1. The standard InChI is InChI=1S/C56H65F3N12O8S2/c1-32-50(80-31-63-32)36-9-7-34(8-10-36)25-62-53(74)44-24-41(72)29-70(44)54(75)51(56(3,4)5)65-46(73)30-78-22-21-69-19-17-40(18-20-69)71-28-38(26-64-71)42-27-61-52(60)47-48(66-68(6)49(42)47)37-13-16-43(67-81(76,77)55(58)59)45(23-37)79-33(2)35-11-14-39(57)15-12-35/h7-16,23,26-28,31,33,40-41,44,51,55,67,72H,17-22,24-25,29-30H2,1-6H3,(H2,60,61)(H,62,74)(H,65,73)/t33-,41+,44-,51+/m0/s1. The van der Waals surface area contributed by atoms with Gasteiger partial charge in [0.25, 0.3) is 10.0 Å². The highest BCUT2D eigenvalue weighted by Crippen LogP contribution is 2.41. The number of rotatable bonds is 20. The minimum atomic E-state index is -5.08. The van der Waals surface area contributed by atoms with Crippen molar-refractivity contribution in [3.63, 3.8) is 0 Å². The molecule has 7 aromatic rings. The minimum absolute atomic E-state index is 0.0403. The van der Waals surface area contributed by atoms with Gasteiger partial charge in [-0.3, -0.25) is 28.5 Å². The summed E-state index contributed by atoms with van der Waals surface area (Å²) in [6, 6.07) is 15.7.